The van der Waals surface area contributed by atoms with Crippen molar-refractivity contribution in [2.45, 2.75) is 12.8 Å². The van der Waals surface area contributed by atoms with E-state index in [0.717, 1.165) is 31.5 Å². The van der Waals surface area contributed by atoms with Gasteiger partial charge in [0.25, 0.3) is 5.91 Å². The summed E-state index contributed by atoms with van der Waals surface area (Å²) in [6.45, 7) is 1.53. The van der Waals surface area contributed by atoms with Gasteiger partial charge in [-0.3, -0.25) is 14.9 Å². The molecular formula is C21H20ClN3O2S. The van der Waals surface area contributed by atoms with Crippen molar-refractivity contribution >= 4 is 52.5 Å². The largest absolute Gasteiger partial charge is 0.339 e. The van der Waals surface area contributed by atoms with E-state index in [-0.39, 0.29) is 16.9 Å². The molecule has 0 unspecified atom stereocenters. The van der Waals surface area contributed by atoms with Gasteiger partial charge in [-0.25, -0.2) is 0 Å². The van der Waals surface area contributed by atoms with Gasteiger partial charge in [0.1, 0.15) is 0 Å². The van der Waals surface area contributed by atoms with Gasteiger partial charge in [-0.15, -0.1) is 0 Å². The van der Waals surface area contributed by atoms with E-state index in [2.05, 4.69) is 10.6 Å². The Kier molecular flexibility index (Phi) is 6.79. The van der Waals surface area contributed by atoms with Gasteiger partial charge < -0.3 is 10.2 Å². The molecule has 1 fully saturated rings. The zero-order chi connectivity index (χ0) is 19.9. The number of carbonyl (C=O) groups is 2. The van der Waals surface area contributed by atoms with Gasteiger partial charge >= 0.3 is 0 Å². The number of likely N-dealkylation sites (tertiary alicyclic amines) is 1. The molecule has 0 aromatic heterocycles. The molecule has 2 aromatic carbocycles. The first-order valence-corrected chi connectivity index (χ1v) is 9.76. The third-order valence-electron chi connectivity index (χ3n) is 4.36. The number of para-hydroxylation sites is 1. The Morgan fingerprint density at radius 3 is 2.46 bits per heavy atom. The molecule has 1 aliphatic heterocycles. The second-order valence-electron chi connectivity index (χ2n) is 6.34. The van der Waals surface area contributed by atoms with Crippen molar-refractivity contribution in [1.82, 2.24) is 10.2 Å². The van der Waals surface area contributed by atoms with E-state index < -0.39 is 0 Å². The topological polar surface area (TPSA) is 61.4 Å². The van der Waals surface area contributed by atoms with Crippen LogP contribution in [0.25, 0.3) is 6.08 Å². The van der Waals surface area contributed by atoms with E-state index in [1.807, 2.05) is 35.2 Å². The number of nitrogens with zero attached hydrogens (tertiary/aromatic N) is 1. The third kappa shape index (κ3) is 5.18. The number of carbonyl (C=O) groups excluding carboxylic acids is 2. The Hall–Kier alpha value is -2.70. The Balaban J connectivity index is 1.63. The molecule has 0 saturated carbocycles. The van der Waals surface area contributed by atoms with Crippen LogP contribution in [0.4, 0.5) is 5.69 Å². The molecule has 1 aliphatic rings. The Labute approximate surface area is 174 Å². The molecule has 28 heavy (non-hydrogen) atoms. The highest BCUT2D eigenvalue weighted by Crippen LogP contribution is 2.20. The van der Waals surface area contributed by atoms with Crippen LogP contribution >= 0.6 is 23.8 Å². The maximum Gasteiger partial charge on any atom is 0.255 e. The van der Waals surface area contributed by atoms with Gasteiger partial charge in [0.05, 0.1) is 11.3 Å². The minimum absolute atomic E-state index is 0.0339. The van der Waals surface area contributed by atoms with Crippen LogP contribution in [0, 0.1) is 0 Å². The van der Waals surface area contributed by atoms with Crippen molar-refractivity contribution < 1.29 is 9.59 Å². The smallest absolute Gasteiger partial charge is 0.255 e. The highest BCUT2D eigenvalue weighted by Gasteiger charge is 2.21. The molecule has 5 nitrogen and oxygen atoms in total. The zero-order valence-corrected chi connectivity index (χ0v) is 16.7. The van der Waals surface area contributed by atoms with Crippen molar-refractivity contribution in [3.63, 3.8) is 0 Å². The fourth-order valence-electron chi connectivity index (χ4n) is 2.95. The summed E-state index contributed by atoms with van der Waals surface area (Å²) in [5, 5.41) is 6.21. The van der Waals surface area contributed by atoms with E-state index in [1.54, 1.807) is 24.3 Å². The minimum atomic E-state index is -0.388. The normalized spacial score (nSPS) is 13.5. The molecule has 3 rings (SSSR count). The lowest BCUT2D eigenvalue weighted by Gasteiger charge is -2.18. The summed E-state index contributed by atoms with van der Waals surface area (Å²) in [7, 11) is 0. The molecule has 1 heterocycles. The van der Waals surface area contributed by atoms with Crippen LogP contribution in [-0.4, -0.2) is 34.9 Å². The lowest BCUT2D eigenvalue weighted by molar-refractivity contribution is -0.115. The van der Waals surface area contributed by atoms with Crippen LogP contribution in [-0.2, 0) is 4.79 Å². The van der Waals surface area contributed by atoms with E-state index in [9.17, 15) is 9.59 Å². The molecule has 0 radical (unpaired) electrons. The number of hydrogen-bond acceptors (Lipinski definition) is 3. The number of hydrogen-bond donors (Lipinski definition) is 2. The fraction of sp³-hybridized carbons (Fsp3) is 0.190. The molecule has 7 heteroatoms. The summed E-state index contributed by atoms with van der Waals surface area (Å²) in [6.07, 6.45) is 5.02. The van der Waals surface area contributed by atoms with Crippen molar-refractivity contribution in [1.29, 1.82) is 0 Å². The van der Waals surface area contributed by atoms with E-state index in [4.69, 9.17) is 23.8 Å². The molecule has 0 bridgehead atoms. The molecule has 0 atom stereocenters. The average Bonchev–Trinajstić information content (AvgIpc) is 3.22. The molecular weight excluding hydrogens is 394 g/mol. The minimum Gasteiger partial charge on any atom is -0.339 e. The second kappa shape index (κ2) is 9.48. The molecule has 1 saturated heterocycles. The van der Waals surface area contributed by atoms with Crippen LogP contribution in [0.5, 0.6) is 0 Å². The summed E-state index contributed by atoms with van der Waals surface area (Å²) < 4.78 is 0. The Morgan fingerprint density at radius 2 is 1.71 bits per heavy atom. The van der Waals surface area contributed by atoms with Gasteiger partial charge in [-0.2, -0.15) is 0 Å². The molecule has 2 aromatic rings. The lowest BCUT2D eigenvalue weighted by Crippen LogP contribution is -2.34. The van der Waals surface area contributed by atoms with Gasteiger partial charge in [-0.05, 0) is 54.9 Å². The Bertz CT molecular complexity index is 923. The predicted molar refractivity (Wildman–Crippen MR) is 116 cm³/mol. The maximum absolute atomic E-state index is 12.7. The van der Waals surface area contributed by atoms with Gasteiger partial charge in [0.2, 0.25) is 5.91 Å². The quantitative estimate of drug-likeness (QED) is 0.585. The first-order valence-electron chi connectivity index (χ1n) is 8.97. The first kappa shape index (κ1) is 20.0. The SMILES string of the molecule is O=C(/C=C/c1ccccc1Cl)NC(=S)Nc1ccccc1C(=O)N1CCCC1. The lowest BCUT2D eigenvalue weighted by atomic mass is 10.1. The number of nitrogens with one attached hydrogen (secondary N) is 2. The summed E-state index contributed by atoms with van der Waals surface area (Å²) in [5.41, 5.74) is 1.84. The summed E-state index contributed by atoms with van der Waals surface area (Å²) in [4.78, 5) is 26.6. The molecule has 2 amide bonds. The molecule has 0 spiro atoms. The summed E-state index contributed by atoms with van der Waals surface area (Å²) >= 11 is 11.3. The van der Waals surface area contributed by atoms with E-state index in [1.165, 1.54) is 6.08 Å². The van der Waals surface area contributed by atoms with Crippen LogP contribution < -0.4 is 10.6 Å². The molecule has 0 aliphatic carbocycles. The number of thiocarbonyl (C=S) groups is 1. The highest BCUT2D eigenvalue weighted by atomic mass is 35.5. The van der Waals surface area contributed by atoms with Crippen LogP contribution in [0.2, 0.25) is 5.02 Å². The molecule has 2 N–H and O–H groups in total. The monoisotopic (exact) mass is 413 g/mol. The van der Waals surface area contributed by atoms with E-state index in [0.29, 0.717) is 16.3 Å². The molecule has 144 valence electrons. The number of anilines is 1. The zero-order valence-electron chi connectivity index (χ0n) is 15.2. The number of amides is 2. The van der Waals surface area contributed by atoms with Gasteiger partial charge in [0, 0.05) is 24.2 Å². The number of halogens is 1. The Morgan fingerprint density at radius 1 is 1.04 bits per heavy atom. The first-order chi connectivity index (χ1) is 13.5. The maximum atomic E-state index is 12.7. The number of rotatable bonds is 4. The van der Waals surface area contributed by atoms with Gasteiger partial charge in [-0.1, -0.05) is 41.9 Å². The van der Waals surface area contributed by atoms with Crippen molar-refractivity contribution in [3.8, 4) is 0 Å². The van der Waals surface area contributed by atoms with Gasteiger partial charge in [0.15, 0.2) is 5.11 Å². The van der Waals surface area contributed by atoms with Crippen LogP contribution in [0.3, 0.4) is 0 Å². The van der Waals surface area contributed by atoms with Crippen molar-refractivity contribution in [2.75, 3.05) is 18.4 Å². The summed E-state index contributed by atoms with van der Waals surface area (Å²) in [6, 6.07) is 14.4. The second-order valence-corrected chi connectivity index (χ2v) is 7.16. The highest BCUT2D eigenvalue weighted by molar-refractivity contribution is 7.80. The van der Waals surface area contributed by atoms with Crippen LogP contribution in [0.1, 0.15) is 28.8 Å². The fourth-order valence-corrected chi connectivity index (χ4v) is 3.36. The van der Waals surface area contributed by atoms with Crippen molar-refractivity contribution in [2.24, 2.45) is 0 Å². The number of benzene rings is 2. The summed E-state index contributed by atoms with van der Waals surface area (Å²) in [5.74, 6) is -0.422. The standard InChI is InChI=1S/C21H20ClN3O2S/c22-17-9-3-1-7-15(17)11-12-19(26)24-21(28)23-18-10-4-2-8-16(18)20(27)25-13-5-6-14-25/h1-4,7-12H,5-6,13-14H2,(H2,23,24,26,28)/b12-11+. The van der Waals surface area contributed by atoms with E-state index >= 15 is 0 Å². The predicted octanol–water partition coefficient (Wildman–Crippen LogP) is 4.10. The average molecular weight is 414 g/mol. The van der Waals surface area contributed by atoms with Crippen LogP contribution in [0.15, 0.2) is 54.6 Å². The third-order valence-corrected chi connectivity index (χ3v) is 4.90. The van der Waals surface area contributed by atoms with Crippen molar-refractivity contribution in [3.05, 3.63) is 70.8 Å².